The van der Waals surface area contributed by atoms with Crippen molar-refractivity contribution in [3.63, 3.8) is 0 Å². The van der Waals surface area contributed by atoms with Crippen LogP contribution in [0.5, 0.6) is 0 Å². The lowest BCUT2D eigenvalue weighted by molar-refractivity contribution is 0.689. The minimum atomic E-state index is 0. The molecule has 0 spiro atoms. The van der Waals surface area contributed by atoms with Gasteiger partial charge in [-0.25, -0.2) is 0 Å². The normalized spacial score (nSPS) is 9.54. The largest absolute Gasteiger partial charge is 0.385 e. The Bertz CT molecular complexity index is 226. The summed E-state index contributed by atoms with van der Waals surface area (Å²) in [4.78, 5) is 0. The SMILES string of the molecule is Cc1ccc(NCC(C)C)cc1.N. The fourth-order valence-electron chi connectivity index (χ4n) is 0.993. The van der Waals surface area contributed by atoms with Crippen LogP contribution in [0, 0.1) is 12.8 Å². The zero-order chi connectivity index (χ0) is 8.97. The van der Waals surface area contributed by atoms with Crippen LogP contribution < -0.4 is 11.5 Å². The molecule has 0 heterocycles. The van der Waals surface area contributed by atoms with Gasteiger partial charge in [-0.3, -0.25) is 0 Å². The van der Waals surface area contributed by atoms with Crippen LogP contribution in [0.1, 0.15) is 19.4 Å². The first kappa shape index (κ1) is 12.0. The van der Waals surface area contributed by atoms with E-state index >= 15 is 0 Å². The Balaban J connectivity index is 0.00000144. The second kappa shape index (κ2) is 5.60. The van der Waals surface area contributed by atoms with E-state index in [1.54, 1.807) is 0 Å². The van der Waals surface area contributed by atoms with E-state index in [9.17, 15) is 0 Å². The standard InChI is InChI=1S/C11H17N.H3N/c1-9(2)8-12-11-6-4-10(3)5-7-11;/h4-7,9,12H,8H2,1-3H3;1H3. The zero-order valence-corrected chi connectivity index (χ0v) is 8.80. The number of rotatable bonds is 3. The van der Waals surface area contributed by atoms with Gasteiger partial charge in [0.25, 0.3) is 0 Å². The summed E-state index contributed by atoms with van der Waals surface area (Å²) in [6.07, 6.45) is 0. The van der Waals surface area contributed by atoms with Crippen LogP contribution in [0.3, 0.4) is 0 Å². The second-order valence-corrected chi connectivity index (χ2v) is 3.64. The molecule has 2 nitrogen and oxygen atoms in total. The van der Waals surface area contributed by atoms with Gasteiger partial charge in [0.05, 0.1) is 0 Å². The number of aryl methyl sites for hydroxylation is 1. The molecule has 0 bridgehead atoms. The van der Waals surface area contributed by atoms with E-state index in [-0.39, 0.29) is 6.15 Å². The Labute approximate surface area is 80.9 Å². The predicted molar refractivity (Wildman–Crippen MR) is 59.5 cm³/mol. The molecule has 0 aliphatic rings. The van der Waals surface area contributed by atoms with Gasteiger partial charge in [-0.05, 0) is 25.0 Å². The van der Waals surface area contributed by atoms with Crippen LogP contribution in [0.25, 0.3) is 0 Å². The molecule has 0 aliphatic heterocycles. The monoisotopic (exact) mass is 180 g/mol. The van der Waals surface area contributed by atoms with Crippen LogP contribution in [0.4, 0.5) is 5.69 Å². The van der Waals surface area contributed by atoms with Gasteiger partial charge >= 0.3 is 0 Å². The van der Waals surface area contributed by atoms with E-state index in [1.807, 2.05) is 0 Å². The third-order valence-electron chi connectivity index (χ3n) is 1.77. The third kappa shape index (κ3) is 4.53. The summed E-state index contributed by atoms with van der Waals surface area (Å²) in [5, 5.41) is 3.37. The van der Waals surface area contributed by atoms with Gasteiger partial charge in [-0.2, -0.15) is 0 Å². The fraction of sp³-hybridized carbons (Fsp3) is 0.455. The van der Waals surface area contributed by atoms with Crippen molar-refractivity contribution < 1.29 is 0 Å². The minimum absolute atomic E-state index is 0. The number of nitrogens with one attached hydrogen (secondary N) is 1. The van der Waals surface area contributed by atoms with Crippen molar-refractivity contribution in [3.8, 4) is 0 Å². The molecule has 1 aromatic rings. The van der Waals surface area contributed by atoms with Gasteiger partial charge in [0.15, 0.2) is 0 Å². The van der Waals surface area contributed by atoms with Crippen molar-refractivity contribution in [1.82, 2.24) is 6.15 Å². The van der Waals surface area contributed by atoms with Crippen molar-refractivity contribution in [2.75, 3.05) is 11.9 Å². The number of hydrogen-bond donors (Lipinski definition) is 2. The Kier molecular flexibility index (Phi) is 5.16. The maximum atomic E-state index is 3.37. The predicted octanol–water partition coefficient (Wildman–Crippen LogP) is 3.22. The van der Waals surface area contributed by atoms with Gasteiger partial charge in [0.2, 0.25) is 0 Å². The maximum absolute atomic E-state index is 3.37. The highest BCUT2D eigenvalue weighted by molar-refractivity contribution is 5.44. The smallest absolute Gasteiger partial charge is 0.0340 e. The van der Waals surface area contributed by atoms with E-state index in [2.05, 4.69) is 50.4 Å². The summed E-state index contributed by atoms with van der Waals surface area (Å²) in [6.45, 7) is 7.57. The van der Waals surface area contributed by atoms with Crippen LogP contribution in [-0.2, 0) is 0 Å². The van der Waals surface area contributed by atoms with E-state index in [0.717, 1.165) is 6.54 Å². The molecule has 1 aromatic carbocycles. The van der Waals surface area contributed by atoms with Crippen molar-refractivity contribution in [2.24, 2.45) is 5.92 Å². The number of hydrogen-bond acceptors (Lipinski definition) is 2. The Hall–Kier alpha value is -1.02. The number of anilines is 1. The van der Waals surface area contributed by atoms with Gasteiger partial charge in [0.1, 0.15) is 0 Å². The van der Waals surface area contributed by atoms with Crippen LogP contribution in [0.2, 0.25) is 0 Å². The molecule has 0 aliphatic carbocycles. The topological polar surface area (TPSA) is 47.0 Å². The molecule has 74 valence electrons. The molecule has 0 radical (unpaired) electrons. The van der Waals surface area contributed by atoms with Crippen LogP contribution in [0.15, 0.2) is 24.3 Å². The zero-order valence-electron chi connectivity index (χ0n) is 8.80. The Morgan fingerprint density at radius 2 is 1.69 bits per heavy atom. The first-order chi connectivity index (χ1) is 5.68. The molecule has 0 aromatic heterocycles. The molecule has 0 atom stereocenters. The average Bonchev–Trinajstić information content (AvgIpc) is 2.03. The highest BCUT2D eigenvalue weighted by Gasteiger charge is 1.93. The molecule has 4 N–H and O–H groups in total. The van der Waals surface area contributed by atoms with E-state index in [0.29, 0.717) is 5.92 Å². The lowest BCUT2D eigenvalue weighted by atomic mass is 10.2. The van der Waals surface area contributed by atoms with Crippen molar-refractivity contribution in [3.05, 3.63) is 29.8 Å². The number of benzene rings is 1. The van der Waals surface area contributed by atoms with E-state index in [1.165, 1.54) is 11.3 Å². The first-order valence-electron chi connectivity index (χ1n) is 4.49. The second-order valence-electron chi connectivity index (χ2n) is 3.64. The van der Waals surface area contributed by atoms with Crippen LogP contribution in [-0.4, -0.2) is 6.54 Å². The summed E-state index contributed by atoms with van der Waals surface area (Å²) in [6, 6.07) is 8.50. The molecule has 2 heteroatoms. The maximum Gasteiger partial charge on any atom is 0.0340 e. The van der Waals surface area contributed by atoms with Gasteiger partial charge in [0, 0.05) is 12.2 Å². The molecule has 0 unspecified atom stereocenters. The highest BCUT2D eigenvalue weighted by Crippen LogP contribution is 2.08. The summed E-state index contributed by atoms with van der Waals surface area (Å²) in [5.41, 5.74) is 2.53. The van der Waals surface area contributed by atoms with Gasteiger partial charge in [-0.15, -0.1) is 0 Å². The van der Waals surface area contributed by atoms with Crippen LogP contribution >= 0.6 is 0 Å². The Morgan fingerprint density at radius 1 is 1.15 bits per heavy atom. The van der Waals surface area contributed by atoms with Crippen molar-refractivity contribution >= 4 is 5.69 Å². The molecule has 0 saturated heterocycles. The molecule has 13 heavy (non-hydrogen) atoms. The average molecular weight is 180 g/mol. The summed E-state index contributed by atoms with van der Waals surface area (Å²) in [5.74, 6) is 0.700. The Morgan fingerprint density at radius 3 is 2.15 bits per heavy atom. The van der Waals surface area contributed by atoms with E-state index in [4.69, 9.17) is 0 Å². The van der Waals surface area contributed by atoms with Gasteiger partial charge in [-0.1, -0.05) is 31.5 Å². The minimum Gasteiger partial charge on any atom is -0.385 e. The summed E-state index contributed by atoms with van der Waals surface area (Å²) < 4.78 is 0. The molecular formula is C11H20N2. The molecule has 0 amide bonds. The summed E-state index contributed by atoms with van der Waals surface area (Å²) >= 11 is 0. The van der Waals surface area contributed by atoms with Crippen molar-refractivity contribution in [1.29, 1.82) is 0 Å². The van der Waals surface area contributed by atoms with E-state index < -0.39 is 0 Å². The highest BCUT2D eigenvalue weighted by atomic mass is 14.9. The lowest BCUT2D eigenvalue weighted by Gasteiger charge is -2.08. The summed E-state index contributed by atoms with van der Waals surface area (Å²) in [7, 11) is 0. The molecule has 1 rings (SSSR count). The first-order valence-corrected chi connectivity index (χ1v) is 4.49. The van der Waals surface area contributed by atoms with Gasteiger partial charge < -0.3 is 11.5 Å². The molecular weight excluding hydrogens is 160 g/mol. The van der Waals surface area contributed by atoms with Crippen molar-refractivity contribution in [2.45, 2.75) is 20.8 Å². The third-order valence-corrected chi connectivity index (χ3v) is 1.77. The quantitative estimate of drug-likeness (QED) is 0.750. The fourth-order valence-corrected chi connectivity index (χ4v) is 0.993. The lowest BCUT2D eigenvalue weighted by Crippen LogP contribution is -2.07. The molecule has 0 saturated carbocycles. The molecule has 0 fully saturated rings.